The first kappa shape index (κ1) is 9.44. The number of nitrogens with one attached hydrogen (secondary N) is 1. The standard InChI is InChI=1S/C10H20N2O/c1-10(8-13)3-2-4-12(7-10)9-5-11-6-9/h9,11,13H,2-8H2,1H3. The minimum absolute atomic E-state index is 0.161. The van der Waals surface area contributed by atoms with E-state index in [9.17, 15) is 5.11 Å². The van der Waals surface area contributed by atoms with Crippen LogP contribution >= 0.6 is 0 Å². The molecule has 0 saturated carbocycles. The molecule has 0 aliphatic carbocycles. The van der Waals surface area contributed by atoms with Crippen molar-refractivity contribution in [3.8, 4) is 0 Å². The highest BCUT2D eigenvalue weighted by Crippen LogP contribution is 2.30. The topological polar surface area (TPSA) is 35.5 Å². The van der Waals surface area contributed by atoms with Crippen LogP contribution in [0.4, 0.5) is 0 Å². The van der Waals surface area contributed by atoms with Gasteiger partial charge >= 0.3 is 0 Å². The number of aliphatic hydroxyl groups is 1. The van der Waals surface area contributed by atoms with Crippen molar-refractivity contribution in [2.24, 2.45) is 5.41 Å². The largest absolute Gasteiger partial charge is 0.396 e. The van der Waals surface area contributed by atoms with E-state index < -0.39 is 0 Å². The minimum Gasteiger partial charge on any atom is -0.396 e. The number of likely N-dealkylation sites (tertiary alicyclic amines) is 1. The number of piperidine rings is 1. The van der Waals surface area contributed by atoms with E-state index in [1.165, 1.54) is 19.4 Å². The maximum Gasteiger partial charge on any atom is 0.0497 e. The number of rotatable bonds is 2. The molecule has 0 radical (unpaired) electrons. The van der Waals surface area contributed by atoms with E-state index in [1.54, 1.807) is 0 Å². The fraction of sp³-hybridized carbons (Fsp3) is 1.00. The Hall–Kier alpha value is -0.120. The molecule has 2 fully saturated rings. The van der Waals surface area contributed by atoms with Crippen LogP contribution in [0.1, 0.15) is 19.8 Å². The molecule has 2 aliphatic rings. The van der Waals surface area contributed by atoms with E-state index in [2.05, 4.69) is 17.1 Å². The van der Waals surface area contributed by atoms with Gasteiger partial charge in [0, 0.05) is 37.7 Å². The summed E-state index contributed by atoms with van der Waals surface area (Å²) < 4.78 is 0. The monoisotopic (exact) mass is 184 g/mol. The zero-order valence-electron chi connectivity index (χ0n) is 8.42. The van der Waals surface area contributed by atoms with Crippen molar-refractivity contribution in [2.75, 3.05) is 32.8 Å². The van der Waals surface area contributed by atoms with Gasteiger partial charge in [-0.15, -0.1) is 0 Å². The van der Waals surface area contributed by atoms with Gasteiger partial charge < -0.3 is 10.4 Å². The molecule has 1 atom stereocenters. The summed E-state index contributed by atoms with van der Waals surface area (Å²) in [6.45, 7) is 7.12. The van der Waals surface area contributed by atoms with Crippen LogP contribution in [0.15, 0.2) is 0 Å². The average molecular weight is 184 g/mol. The summed E-state index contributed by atoms with van der Waals surface area (Å²) in [5.74, 6) is 0. The summed E-state index contributed by atoms with van der Waals surface area (Å²) in [5, 5.41) is 12.6. The second-order valence-corrected chi connectivity index (χ2v) is 4.85. The van der Waals surface area contributed by atoms with E-state index >= 15 is 0 Å². The van der Waals surface area contributed by atoms with Gasteiger partial charge in [-0.2, -0.15) is 0 Å². The van der Waals surface area contributed by atoms with Gasteiger partial charge in [0.1, 0.15) is 0 Å². The summed E-state index contributed by atoms with van der Waals surface area (Å²) >= 11 is 0. The molecular formula is C10H20N2O. The van der Waals surface area contributed by atoms with Crippen molar-refractivity contribution in [2.45, 2.75) is 25.8 Å². The van der Waals surface area contributed by atoms with Gasteiger partial charge in [0.15, 0.2) is 0 Å². The molecule has 2 aliphatic heterocycles. The van der Waals surface area contributed by atoms with E-state index in [4.69, 9.17) is 0 Å². The van der Waals surface area contributed by atoms with Crippen LogP contribution < -0.4 is 5.32 Å². The Morgan fingerprint density at radius 2 is 2.31 bits per heavy atom. The number of hydrogen-bond donors (Lipinski definition) is 2. The van der Waals surface area contributed by atoms with Crippen molar-refractivity contribution in [1.82, 2.24) is 10.2 Å². The molecule has 76 valence electrons. The van der Waals surface area contributed by atoms with Crippen molar-refractivity contribution >= 4 is 0 Å². The molecule has 13 heavy (non-hydrogen) atoms. The molecule has 2 rings (SSSR count). The number of hydrogen-bond acceptors (Lipinski definition) is 3. The van der Waals surface area contributed by atoms with Gasteiger partial charge in [-0.3, -0.25) is 4.90 Å². The van der Waals surface area contributed by atoms with Crippen LogP contribution in [-0.4, -0.2) is 48.8 Å². The Balaban J connectivity index is 1.91. The zero-order valence-corrected chi connectivity index (χ0v) is 8.42. The molecule has 2 N–H and O–H groups in total. The molecule has 0 spiro atoms. The van der Waals surface area contributed by atoms with Crippen molar-refractivity contribution in [1.29, 1.82) is 0 Å². The molecular weight excluding hydrogens is 164 g/mol. The van der Waals surface area contributed by atoms with Crippen LogP contribution in [0.5, 0.6) is 0 Å². The Labute approximate surface area is 80.1 Å². The minimum atomic E-state index is 0.161. The average Bonchev–Trinajstić information content (AvgIpc) is 2.01. The Bertz CT molecular complexity index is 182. The molecule has 0 aromatic rings. The third-order valence-corrected chi connectivity index (χ3v) is 3.47. The fourth-order valence-electron chi connectivity index (χ4n) is 2.33. The zero-order chi connectivity index (χ0) is 9.31. The lowest BCUT2D eigenvalue weighted by Gasteiger charge is -2.46. The number of aliphatic hydroxyl groups excluding tert-OH is 1. The second-order valence-electron chi connectivity index (χ2n) is 4.85. The lowest BCUT2D eigenvalue weighted by Crippen LogP contribution is -2.60. The Morgan fingerprint density at radius 3 is 2.85 bits per heavy atom. The van der Waals surface area contributed by atoms with Crippen LogP contribution in [0.3, 0.4) is 0 Å². The molecule has 0 bridgehead atoms. The molecule has 3 nitrogen and oxygen atoms in total. The summed E-state index contributed by atoms with van der Waals surface area (Å²) in [6, 6.07) is 0.742. The molecule has 2 saturated heterocycles. The maximum absolute atomic E-state index is 9.30. The molecule has 1 unspecified atom stereocenters. The predicted octanol–water partition coefficient (Wildman–Crippen LogP) is 0.0526. The van der Waals surface area contributed by atoms with Gasteiger partial charge in [0.05, 0.1) is 0 Å². The first-order valence-electron chi connectivity index (χ1n) is 5.29. The summed E-state index contributed by atoms with van der Waals surface area (Å²) in [4.78, 5) is 2.54. The third kappa shape index (κ3) is 1.87. The van der Waals surface area contributed by atoms with E-state index in [-0.39, 0.29) is 5.41 Å². The van der Waals surface area contributed by atoms with E-state index in [0.717, 1.165) is 25.7 Å². The first-order valence-corrected chi connectivity index (χ1v) is 5.29. The molecule has 2 heterocycles. The van der Waals surface area contributed by atoms with E-state index in [0.29, 0.717) is 6.61 Å². The van der Waals surface area contributed by atoms with Crippen molar-refractivity contribution < 1.29 is 5.11 Å². The highest BCUT2D eigenvalue weighted by Gasteiger charge is 2.35. The van der Waals surface area contributed by atoms with Gasteiger partial charge in [-0.1, -0.05) is 6.92 Å². The highest BCUT2D eigenvalue weighted by atomic mass is 16.3. The lowest BCUT2D eigenvalue weighted by molar-refractivity contribution is 0.0122. The van der Waals surface area contributed by atoms with Crippen molar-refractivity contribution in [3.05, 3.63) is 0 Å². The van der Waals surface area contributed by atoms with Gasteiger partial charge in [0.25, 0.3) is 0 Å². The van der Waals surface area contributed by atoms with E-state index in [1.807, 2.05) is 0 Å². The molecule has 0 aromatic carbocycles. The Kier molecular flexibility index (Phi) is 2.58. The third-order valence-electron chi connectivity index (χ3n) is 3.47. The smallest absolute Gasteiger partial charge is 0.0497 e. The highest BCUT2D eigenvalue weighted by molar-refractivity contribution is 4.91. The lowest BCUT2D eigenvalue weighted by atomic mass is 9.82. The fourth-order valence-corrected chi connectivity index (χ4v) is 2.33. The summed E-state index contributed by atoms with van der Waals surface area (Å²) in [7, 11) is 0. The Morgan fingerprint density at radius 1 is 1.54 bits per heavy atom. The maximum atomic E-state index is 9.30. The van der Waals surface area contributed by atoms with Gasteiger partial charge in [-0.05, 0) is 19.4 Å². The van der Waals surface area contributed by atoms with Crippen LogP contribution in [-0.2, 0) is 0 Å². The SMILES string of the molecule is CC1(CO)CCCN(C2CNC2)C1. The summed E-state index contributed by atoms with van der Waals surface area (Å²) in [5.41, 5.74) is 0.161. The second kappa shape index (κ2) is 3.56. The molecule has 0 aromatic heterocycles. The van der Waals surface area contributed by atoms with Crippen LogP contribution in [0.25, 0.3) is 0 Å². The van der Waals surface area contributed by atoms with Crippen LogP contribution in [0, 0.1) is 5.41 Å². The first-order chi connectivity index (χ1) is 6.23. The van der Waals surface area contributed by atoms with Gasteiger partial charge in [0.2, 0.25) is 0 Å². The normalized spacial score (nSPS) is 37.4. The molecule has 0 amide bonds. The quantitative estimate of drug-likeness (QED) is 0.636. The number of nitrogens with zero attached hydrogens (tertiary/aromatic N) is 1. The van der Waals surface area contributed by atoms with Gasteiger partial charge in [-0.25, -0.2) is 0 Å². The van der Waals surface area contributed by atoms with Crippen LogP contribution in [0.2, 0.25) is 0 Å². The summed E-state index contributed by atoms with van der Waals surface area (Å²) in [6.07, 6.45) is 2.42. The van der Waals surface area contributed by atoms with Crippen molar-refractivity contribution in [3.63, 3.8) is 0 Å². The molecule has 3 heteroatoms. The predicted molar refractivity (Wildman–Crippen MR) is 52.7 cm³/mol.